The van der Waals surface area contributed by atoms with Crippen LogP contribution in [0, 0.1) is 0 Å². The molecule has 2 N–H and O–H groups in total. The summed E-state index contributed by atoms with van der Waals surface area (Å²) < 4.78 is 0. The molecule has 0 amide bonds. The van der Waals surface area contributed by atoms with E-state index in [2.05, 4.69) is 6.92 Å². The average molecular weight is 343 g/mol. The Balaban J connectivity index is 2.98. The Bertz CT molecular complexity index is 218. The summed E-state index contributed by atoms with van der Waals surface area (Å²) in [5.74, 6) is 0. The van der Waals surface area contributed by atoms with E-state index in [0.717, 1.165) is 12.8 Å². The van der Waals surface area contributed by atoms with Crippen LogP contribution in [-0.2, 0) is 0 Å². The van der Waals surface area contributed by atoms with E-state index in [4.69, 9.17) is 5.11 Å². The van der Waals surface area contributed by atoms with E-state index in [1.807, 2.05) is 0 Å². The van der Waals surface area contributed by atoms with Crippen molar-refractivity contribution >= 4 is 0 Å². The molecule has 0 fully saturated rings. The van der Waals surface area contributed by atoms with E-state index in [1.165, 1.54) is 109 Å². The van der Waals surface area contributed by atoms with Gasteiger partial charge in [-0.05, 0) is 6.42 Å². The summed E-state index contributed by atoms with van der Waals surface area (Å²) >= 11 is 0. The van der Waals surface area contributed by atoms with Crippen molar-refractivity contribution in [2.45, 2.75) is 135 Å². The van der Waals surface area contributed by atoms with Gasteiger partial charge < -0.3 is 10.2 Å². The first-order valence-electron chi connectivity index (χ1n) is 11.1. The molecule has 0 saturated heterocycles. The van der Waals surface area contributed by atoms with Crippen LogP contribution >= 0.6 is 0 Å². The van der Waals surface area contributed by atoms with Crippen LogP contribution < -0.4 is 0 Å². The van der Waals surface area contributed by atoms with Crippen molar-refractivity contribution in [3.8, 4) is 0 Å². The summed E-state index contributed by atoms with van der Waals surface area (Å²) in [5, 5.41) is 18.0. The van der Waals surface area contributed by atoms with Crippen LogP contribution in [0.15, 0.2) is 0 Å². The first-order valence-corrected chi connectivity index (χ1v) is 11.1. The molecule has 0 aliphatic carbocycles. The van der Waals surface area contributed by atoms with Gasteiger partial charge in [-0.25, -0.2) is 0 Å². The fourth-order valence-corrected chi connectivity index (χ4v) is 3.37. The fraction of sp³-hybridized carbons (Fsp3) is 1.00. The molecule has 0 saturated carbocycles. The topological polar surface area (TPSA) is 40.5 Å². The molecule has 24 heavy (non-hydrogen) atoms. The highest BCUT2D eigenvalue weighted by atomic mass is 16.3. The maximum absolute atomic E-state index is 9.24. The van der Waals surface area contributed by atoms with Gasteiger partial charge in [-0.15, -0.1) is 0 Å². The fourth-order valence-electron chi connectivity index (χ4n) is 3.37. The number of rotatable bonds is 20. The molecule has 1 unspecified atom stereocenters. The van der Waals surface area contributed by atoms with Gasteiger partial charge in [-0.3, -0.25) is 0 Å². The van der Waals surface area contributed by atoms with Gasteiger partial charge in [0.05, 0.1) is 12.7 Å². The second kappa shape index (κ2) is 21.0. The Morgan fingerprint density at radius 3 is 1.08 bits per heavy atom. The minimum absolute atomic E-state index is 0.0844. The van der Waals surface area contributed by atoms with E-state index >= 15 is 0 Å². The van der Waals surface area contributed by atoms with Gasteiger partial charge in [0.1, 0.15) is 0 Å². The van der Waals surface area contributed by atoms with Crippen LogP contribution in [0.5, 0.6) is 0 Å². The number of aliphatic hydroxyl groups is 2. The molecule has 2 heteroatoms. The zero-order valence-corrected chi connectivity index (χ0v) is 16.6. The van der Waals surface area contributed by atoms with Gasteiger partial charge in [0.25, 0.3) is 0 Å². The second-order valence-electron chi connectivity index (χ2n) is 7.64. The highest BCUT2D eigenvalue weighted by Crippen LogP contribution is 2.14. The largest absolute Gasteiger partial charge is 0.394 e. The SMILES string of the molecule is CCCCCCCCCCCCCCCCCCCCC(O)CO. The Kier molecular flexibility index (Phi) is 20.9. The Morgan fingerprint density at radius 1 is 0.500 bits per heavy atom. The van der Waals surface area contributed by atoms with E-state index in [0.29, 0.717) is 0 Å². The maximum atomic E-state index is 9.24. The molecule has 2 nitrogen and oxygen atoms in total. The molecule has 0 aromatic rings. The number of hydrogen-bond acceptors (Lipinski definition) is 2. The average Bonchev–Trinajstić information content (AvgIpc) is 2.60. The van der Waals surface area contributed by atoms with Crippen LogP contribution in [0.2, 0.25) is 0 Å². The maximum Gasteiger partial charge on any atom is 0.0770 e. The highest BCUT2D eigenvalue weighted by molar-refractivity contribution is 4.54. The van der Waals surface area contributed by atoms with Gasteiger partial charge in [0.15, 0.2) is 0 Å². The normalized spacial score (nSPS) is 12.6. The third-order valence-corrected chi connectivity index (χ3v) is 5.10. The second-order valence-corrected chi connectivity index (χ2v) is 7.64. The van der Waals surface area contributed by atoms with E-state index < -0.39 is 6.10 Å². The number of unbranched alkanes of at least 4 members (excludes halogenated alkanes) is 17. The molecule has 0 heterocycles. The summed E-state index contributed by atoms with van der Waals surface area (Å²) in [6.07, 6.45) is 25.2. The van der Waals surface area contributed by atoms with Crippen LogP contribution in [-0.4, -0.2) is 22.9 Å². The van der Waals surface area contributed by atoms with Gasteiger partial charge in [-0.1, -0.05) is 122 Å². The van der Waals surface area contributed by atoms with Crippen LogP contribution in [0.1, 0.15) is 129 Å². The third kappa shape index (κ3) is 20.0. The summed E-state index contributed by atoms with van der Waals surface area (Å²) in [5.41, 5.74) is 0. The zero-order chi connectivity index (χ0) is 17.7. The van der Waals surface area contributed by atoms with Gasteiger partial charge >= 0.3 is 0 Å². The quantitative estimate of drug-likeness (QED) is 0.240. The lowest BCUT2D eigenvalue weighted by atomic mass is 10.0. The lowest BCUT2D eigenvalue weighted by Crippen LogP contribution is -2.10. The van der Waals surface area contributed by atoms with E-state index in [9.17, 15) is 5.11 Å². The molecule has 0 bridgehead atoms. The molecular weight excluding hydrogens is 296 g/mol. The van der Waals surface area contributed by atoms with Crippen LogP contribution in [0.4, 0.5) is 0 Å². The summed E-state index contributed by atoms with van der Waals surface area (Å²) in [4.78, 5) is 0. The monoisotopic (exact) mass is 342 g/mol. The van der Waals surface area contributed by atoms with E-state index in [-0.39, 0.29) is 6.61 Å². The predicted octanol–water partition coefficient (Wildman–Crippen LogP) is 6.77. The molecule has 146 valence electrons. The molecule has 0 aromatic heterocycles. The molecule has 0 aromatic carbocycles. The Hall–Kier alpha value is -0.0800. The molecule has 0 aliphatic heterocycles. The predicted molar refractivity (Wildman–Crippen MR) is 106 cm³/mol. The van der Waals surface area contributed by atoms with Crippen molar-refractivity contribution in [1.82, 2.24) is 0 Å². The van der Waals surface area contributed by atoms with Crippen molar-refractivity contribution in [1.29, 1.82) is 0 Å². The van der Waals surface area contributed by atoms with Crippen molar-refractivity contribution in [3.63, 3.8) is 0 Å². The molecule has 0 radical (unpaired) electrons. The van der Waals surface area contributed by atoms with Crippen molar-refractivity contribution in [2.75, 3.05) is 6.61 Å². The van der Waals surface area contributed by atoms with Gasteiger partial charge in [0, 0.05) is 0 Å². The Morgan fingerprint density at radius 2 is 0.792 bits per heavy atom. The highest BCUT2D eigenvalue weighted by Gasteiger charge is 2.00. The summed E-state index contributed by atoms with van der Waals surface area (Å²) in [6.45, 7) is 2.20. The summed E-state index contributed by atoms with van der Waals surface area (Å²) in [7, 11) is 0. The first-order chi connectivity index (χ1) is 11.8. The molecule has 0 rings (SSSR count). The van der Waals surface area contributed by atoms with Crippen LogP contribution in [0.25, 0.3) is 0 Å². The lowest BCUT2D eigenvalue weighted by molar-refractivity contribution is 0.0860. The molecule has 1 atom stereocenters. The number of hydrogen-bond donors (Lipinski definition) is 2. The van der Waals surface area contributed by atoms with Crippen molar-refractivity contribution in [3.05, 3.63) is 0 Å². The molecule has 0 spiro atoms. The third-order valence-electron chi connectivity index (χ3n) is 5.10. The first kappa shape index (κ1) is 23.9. The minimum atomic E-state index is -0.494. The van der Waals surface area contributed by atoms with Crippen molar-refractivity contribution < 1.29 is 10.2 Å². The molecular formula is C22H46O2. The zero-order valence-electron chi connectivity index (χ0n) is 16.6. The van der Waals surface area contributed by atoms with Crippen molar-refractivity contribution in [2.24, 2.45) is 0 Å². The smallest absolute Gasteiger partial charge is 0.0770 e. The number of aliphatic hydroxyl groups excluding tert-OH is 2. The molecule has 0 aliphatic rings. The Labute approximate surface area is 152 Å². The standard InChI is InChI=1S/C22H46O2/c1-2-3-4-5-6-7-8-9-10-11-12-13-14-15-16-17-18-19-20-22(24)21-23/h22-24H,2-21H2,1H3. The minimum Gasteiger partial charge on any atom is -0.394 e. The summed E-state index contributed by atoms with van der Waals surface area (Å²) in [6, 6.07) is 0. The van der Waals surface area contributed by atoms with Gasteiger partial charge in [0.2, 0.25) is 0 Å². The van der Waals surface area contributed by atoms with E-state index in [1.54, 1.807) is 0 Å². The van der Waals surface area contributed by atoms with Gasteiger partial charge in [-0.2, -0.15) is 0 Å². The van der Waals surface area contributed by atoms with Crippen LogP contribution in [0.3, 0.4) is 0 Å². The lowest BCUT2D eigenvalue weighted by Gasteiger charge is -2.06.